The van der Waals surface area contributed by atoms with Crippen molar-refractivity contribution >= 4 is 29.2 Å². The summed E-state index contributed by atoms with van der Waals surface area (Å²) >= 11 is 0. The molecule has 0 bridgehead atoms. The van der Waals surface area contributed by atoms with Gasteiger partial charge in [0.25, 0.3) is 0 Å². The van der Waals surface area contributed by atoms with Gasteiger partial charge in [0, 0.05) is 17.4 Å². The maximum atomic E-state index is 14.2. The molecule has 0 aliphatic heterocycles. The SMILES string of the molecule is C/C=C/c1c(F)ccc(OC)c1-c1ccnc2[nH]c[c-]c12.O=[C-]Nc1ccc(C(F)(F)F)cc1.[Ni+2]. The van der Waals surface area contributed by atoms with Crippen LogP contribution in [0.25, 0.3) is 28.2 Å². The van der Waals surface area contributed by atoms with Crippen LogP contribution in [0.2, 0.25) is 0 Å². The van der Waals surface area contributed by atoms with E-state index in [4.69, 9.17) is 4.74 Å². The van der Waals surface area contributed by atoms with Crippen molar-refractivity contribution in [3.05, 3.63) is 83.9 Å². The number of carbonyl (C=O) groups excluding carboxylic acids is 1. The predicted molar refractivity (Wildman–Crippen MR) is 122 cm³/mol. The van der Waals surface area contributed by atoms with Gasteiger partial charge in [-0.15, -0.1) is 28.8 Å². The topological polar surface area (TPSA) is 67.0 Å². The number of rotatable bonds is 5. The van der Waals surface area contributed by atoms with Gasteiger partial charge in [-0.25, -0.2) is 4.39 Å². The number of fused-ring (bicyclic) bond motifs is 1. The molecule has 0 fully saturated rings. The van der Waals surface area contributed by atoms with Crippen LogP contribution < -0.4 is 10.1 Å². The first-order chi connectivity index (χ1) is 16.3. The number of aromatic amines is 1. The predicted octanol–water partition coefficient (Wildman–Crippen LogP) is 6.39. The van der Waals surface area contributed by atoms with E-state index < -0.39 is 11.7 Å². The second-order valence-electron chi connectivity index (χ2n) is 6.86. The van der Waals surface area contributed by atoms with Crippen molar-refractivity contribution in [1.82, 2.24) is 9.97 Å². The molecular formula is C25H19F4N3NiO2. The number of aromatic nitrogens is 2. The number of halogens is 4. The quantitative estimate of drug-likeness (QED) is 0.137. The first kappa shape index (κ1) is 27.6. The molecule has 4 rings (SSSR count). The minimum absolute atomic E-state index is 0. The number of nitrogens with one attached hydrogen (secondary N) is 2. The fourth-order valence-corrected chi connectivity index (χ4v) is 3.26. The molecule has 0 aliphatic carbocycles. The smallest absolute Gasteiger partial charge is 0.497 e. The molecule has 4 aromatic rings. The molecule has 2 heterocycles. The van der Waals surface area contributed by atoms with Crippen LogP contribution in [-0.4, -0.2) is 23.5 Å². The number of ether oxygens (including phenoxy) is 1. The largest absolute Gasteiger partial charge is 2.00 e. The monoisotopic (exact) mass is 527 g/mol. The maximum Gasteiger partial charge on any atom is 2.00 e. The molecule has 2 aromatic heterocycles. The Hall–Kier alpha value is -3.65. The minimum Gasteiger partial charge on any atom is -0.497 e. The Bertz CT molecular complexity index is 1300. The van der Waals surface area contributed by atoms with Gasteiger partial charge in [-0.1, -0.05) is 36.5 Å². The van der Waals surface area contributed by atoms with Gasteiger partial charge < -0.3 is 24.8 Å². The number of allylic oxidation sites excluding steroid dienone is 1. The second-order valence-corrected chi connectivity index (χ2v) is 6.86. The molecule has 5 nitrogen and oxygen atoms in total. The van der Waals surface area contributed by atoms with Crippen molar-refractivity contribution in [3.8, 4) is 16.9 Å². The van der Waals surface area contributed by atoms with E-state index in [-0.39, 0.29) is 28.0 Å². The summed E-state index contributed by atoms with van der Waals surface area (Å²) in [6.07, 6.45) is 3.95. The molecule has 10 heteroatoms. The summed E-state index contributed by atoms with van der Waals surface area (Å²) in [5.74, 6) is 0.330. The molecule has 0 unspecified atom stereocenters. The van der Waals surface area contributed by atoms with Gasteiger partial charge in [-0.05, 0) is 24.6 Å². The number of H-pyrrole nitrogens is 1. The van der Waals surface area contributed by atoms with Gasteiger partial charge in [-0.3, -0.25) is 0 Å². The summed E-state index contributed by atoms with van der Waals surface area (Å²) < 4.78 is 55.7. The number of benzene rings is 2. The molecule has 35 heavy (non-hydrogen) atoms. The molecule has 0 saturated carbocycles. The summed E-state index contributed by atoms with van der Waals surface area (Å²) in [5, 5.41) is 2.93. The van der Waals surface area contributed by atoms with Gasteiger partial charge >= 0.3 is 22.7 Å². The van der Waals surface area contributed by atoms with Gasteiger partial charge in [0.05, 0.1) is 19.1 Å². The van der Waals surface area contributed by atoms with E-state index in [1.54, 1.807) is 37.7 Å². The van der Waals surface area contributed by atoms with E-state index in [1.807, 2.05) is 13.0 Å². The zero-order chi connectivity index (χ0) is 24.7. The third-order valence-electron chi connectivity index (χ3n) is 4.76. The molecule has 184 valence electrons. The van der Waals surface area contributed by atoms with Crippen molar-refractivity contribution in [1.29, 1.82) is 0 Å². The average Bonchev–Trinajstić information content (AvgIpc) is 3.30. The van der Waals surface area contributed by atoms with Gasteiger partial charge in [-0.2, -0.15) is 19.2 Å². The Morgan fingerprint density at radius 2 is 1.86 bits per heavy atom. The van der Waals surface area contributed by atoms with Crippen LogP contribution in [-0.2, 0) is 27.5 Å². The number of methoxy groups -OCH3 is 1. The zero-order valence-corrected chi connectivity index (χ0v) is 19.4. The normalized spacial score (nSPS) is 10.9. The van der Waals surface area contributed by atoms with Crippen molar-refractivity contribution in [2.75, 3.05) is 12.4 Å². The number of amides is 1. The van der Waals surface area contributed by atoms with Crippen LogP contribution in [0.1, 0.15) is 18.1 Å². The second kappa shape index (κ2) is 12.2. The number of pyridine rings is 1. The van der Waals surface area contributed by atoms with Crippen LogP contribution in [0.3, 0.4) is 0 Å². The van der Waals surface area contributed by atoms with E-state index in [0.29, 0.717) is 22.5 Å². The van der Waals surface area contributed by atoms with Crippen molar-refractivity contribution in [2.24, 2.45) is 0 Å². The summed E-state index contributed by atoms with van der Waals surface area (Å²) in [6, 6.07) is 12.1. The molecule has 0 radical (unpaired) electrons. The van der Waals surface area contributed by atoms with Crippen LogP contribution in [0.5, 0.6) is 5.75 Å². The van der Waals surface area contributed by atoms with Crippen LogP contribution in [0.4, 0.5) is 23.2 Å². The van der Waals surface area contributed by atoms with E-state index in [2.05, 4.69) is 21.4 Å². The molecule has 2 aromatic carbocycles. The summed E-state index contributed by atoms with van der Waals surface area (Å²) in [7, 11) is 1.58. The third kappa shape index (κ3) is 6.48. The number of alkyl halides is 3. The number of nitrogens with zero attached hydrogens (tertiary/aromatic N) is 1. The fraction of sp³-hybridized carbons (Fsp3) is 0.120. The first-order valence-electron chi connectivity index (χ1n) is 9.93. The molecule has 0 saturated heterocycles. The summed E-state index contributed by atoms with van der Waals surface area (Å²) in [6.45, 7) is 1.85. The Morgan fingerprint density at radius 3 is 2.46 bits per heavy atom. The minimum atomic E-state index is -4.34. The number of hydrogen-bond acceptors (Lipinski definition) is 3. The third-order valence-corrected chi connectivity index (χ3v) is 4.76. The Morgan fingerprint density at radius 1 is 1.14 bits per heavy atom. The van der Waals surface area contributed by atoms with E-state index >= 15 is 0 Å². The van der Waals surface area contributed by atoms with Crippen molar-refractivity contribution in [3.63, 3.8) is 0 Å². The molecule has 0 spiro atoms. The Labute approximate surface area is 209 Å². The van der Waals surface area contributed by atoms with Crippen LogP contribution in [0, 0.1) is 11.9 Å². The molecule has 0 atom stereocenters. The summed E-state index contributed by atoms with van der Waals surface area (Å²) in [5.41, 5.74) is 2.29. The van der Waals surface area contributed by atoms with Crippen LogP contribution in [0.15, 0.2) is 60.9 Å². The Balaban J connectivity index is 0.000000268. The van der Waals surface area contributed by atoms with Gasteiger partial charge in [0.1, 0.15) is 11.6 Å². The Kier molecular flexibility index (Phi) is 9.60. The average molecular weight is 528 g/mol. The number of anilines is 1. The standard InChI is InChI=1S/C17H14FN2O.C8H5F3NO.Ni/c1-3-4-13-14(18)5-6-15(21-2)16(13)11-7-9-19-17-12(11)8-10-20-17;9-8(10,11)6-1-3-7(4-2-6)12-5-13;/h3-7,9-10H,1-2H3,(H,19,20);1-4H,(H,12,13);/q2*-1;+2/b4-3+;;. The molecule has 1 amide bonds. The van der Waals surface area contributed by atoms with E-state index in [0.717, 1.165) is 35.2 Å². The molecule has 2 N–H and O–H groups in total. The van der Waals surface area contributed by atoms with E-state index in [1.165, 1.54) is 12.5 Å². The molecular weight excluding hydrogens is 509 g/mol. The zero-order valence-electron chi connectivity index (χ0n) is 18.4. The van der Waals surface area contributed by atoms with Crippen molar-refractivity contribution in [2.45, 2.75) is 13.1 Å². The molecule has 0 aliphatic rings. The van der Waals surface area contributed by atoms with Gasteiger partial charge in [0.2, 0.25) is 0 Å². The fourth-order valence-electron chi connectivity index (χ4n) is 3.26. The van der Waals surface area contributed by atoms with Crippen LogP contribution >= 0.6 is 0 Å². The first-order valence-corrected chi connectivity index (χ1v) is 9.93. The van der Waals surface area contributed by atoms with Gasteiger partial charge in [0.15, 0.2) is 0 Å². The van der Waals surface area contributed by atoms with Crippen molar-refractivity contribution < 1.29 is 43.6 Å². The number of hydrogen-bond donors (Lipinski definition) is 2. The van der Waals surface area contributed by atoms with E-state index in [9.17, 15) is 22.4 Å². The maximum absolute atomic E-state index is 14.2. The summed E-state index contributed by atoms with van der Waals surface area (Å²) in [4.78, 5) is 17.1.